The van der Waals surface area contributed by atoms with Crippen molar-refractivity contribution in [3.8, 4) is 5.75 Å². The van der Waals surface area contributed by atoms with Gasteiger partial charge in [0.05, 0.1) is 24.8 Å². The molecule has 27 heavy (non-hydrogen) atoms. The monoisotopic (exact) mass is 376 g/mol. The third kappa shape index (κ3) is 5.72. The number of urea groups is 1. The zero-order valence-corrected chi connectivity index (χ0v) is 16.2. The Hall–Kier alpha value is -2.54. The number of para-hydroxylation sites is 1. The molecule has 0 unspecified atom stereocenters. The van der Waals surface area contributed by atoms with Crippen molar-refractivity contribution in [2.75, 3.05) is 26.4 Å². The first-order valence-electron chi connectivity index (χ1n) is 9.33. The van der Waals surface area contributed by atoms with Crippen LogP contribution in [0.2, 0.25) is 0 Å². The number of allylic oxidation sites excluding steroid dienone is 1. The van der Waals surface area contributed by atoms with E-state index in [1.54, 1.807) is 6.92 Å². The lowest BCUT2D eigenvalue weighted by Crippen LogP contribution is -2.45. The van der Waals surface area contributed by atoms with Crippen LogP contribution in [-0.4, -0.2) is 38.4 Å². The molecule has 2 rings (SSSR count). The largest absolute Gasteiger partial charge is 0.493 e. The van der Waals surface area contributed by atoms with Gasteiger partial charge in [0.15, 0.2) is 0 Å². The second-order valence-corrected chi connectivity index (χ2v) is 6.14. The summed E-state index contributed by atoms with van der Waals surface area (Å²) in [5, 5.41) is 5.45. The molecule has 0 fully saturated rings. The summed E-state index contributed by atoms with van der Waals surface area (Å²) in [6, 6.07) is 6.39. The van der Waals surface area contributed by atoms with Crippen LogP contribution in [0.4, 0.5) is 4.79 Å². The second-order valence-electron chi connectivity index (χ2n) is 6.14. The number of hydrogen-bond acceptors (Lipinski definition) is 5. The Bertz CT molecular complexity index is 687. The van der Waals surface area contributed by atoms with Gasteiger partial charge in [0.1, 0.15) is 12.4 Å². The van der Waals surface area contributed by atoms with Gasteiger partial charge < -0.3 is 24.8 Å². The van der Waals surface area contributed by atoms with Crippen molar-refractivity contribution in [3.63, 3.8) is 0 Å². The number of carbonyl (C=O) groups is 2. The van der Waals surface area contributed by atoms with E-state index in [2.05, 4.69) is 17.6 Å². The summed E-state index contributed by atoms with van der Waals surface area (Å²) in [5.41, 5.74) is 1.55. The lowest BCUT2D eigenvalue weighted by atomic mass is 9.95. The van der Waals surface area contributed by atoms with E-state index >= 15 is 0 Å². The van der Waals surface area contributed by atoms with E-state index in [4.69, 9.17) is 14.2 Å². The van der Waals surface area contributed by atoms with E-state index in [0.717, 1.165) is 18.4 Å². The average molecular weight is 376 g/mol. The van der Waals surface area contributed by atoms with Crippen LogP contribution in [0.5, 0.6) is 5.75 Å². The Kier molecular flexibility index (Phi) is 8.13. The molecule has 2 N–H and O–H groups in total. The van der Waals surface area contributed by atoms with E-state index in [-0.39, 0.29) is 12.6 Å². The van der Waals surface area contributed by atoms with Gasteiger partial charge in [-0.2, -0.15) is 0 Å². The van der Waals surface area contributed by atoms with Gasteiger partial charge in [0.2, 0.25) is 0 Å². The molecular weight excluding hydrogens is 348 g/mol. The standard InChI is InChI=1S/C20H28N2O5/c1-4-6-11-26-16-10-8-7-9-15(16)18-17(14(3)21-20(24)22-18)19(23)27-13-12-25-5-2/h7-10,18H,4-6,11-13H2,1-3H3,(H2,21,22,24)/t18-/m0/s1. The SMILES string of the molecule is CCCCOc1ccccc1[C@@H]1NC(=O)NC(C)=C1C(=O)OCCOCC. The highest BCUT2D eigenvalue weighted by Crippen LogP contribution is 2.33. The maximum absolute atomic E-state index is 12.7. The quantitative estimate of drug-likeness (QED) is 0.484. The van der Waals surface area contributed by atoms with Crippen LogP contribution in [0.3, 0.4) is 0 Å². The number of esters is 1. The zero-order valence-electron chi connectivity index (χ0n) is 16.2. The highest BCUT2D eigenvalue weighted by atomic mass is 16.6. The molecule has 0 radical (unpaired) electrons. The number of nitrogens with one attached hydrogen (secondary N) is 2. The molecule has 148 valence electrons. The molecule has 1 aliphatic rings. The van der Waals surface area contributed by atoms with Crippen molar-refractivity contribution >= 4 is 12.0 Å². The summed E-state index contributed by atoms with van der Waals surface area (Å²) >= 11 is 0. The summed E-state index contributed by atoms with van der Waals surface area (Å²) in [7, 11) is 0. The summed E-state index contributed by atoms with van der Waals surface area (Å²) in [6.07, 6.45) is 1.94. The molecule has 0 aromatic heterocycles. The van der Waals surface area contributed by atoms with Crippen LogP contribution in [0.25, 0.3) is 0 Å². The predicted molar refractivity (Wildman–Crippen MR) is 101 cm³/mol. The summed E-state index contributed by atoms with van der Waals surface area (Å²) in [4.78, 5) is 24.7. The molecule has 1 aromatic rings. The fourth-order valence-corrected chi connectivity index (χ4v) is 2.79. The smallest absolute Gasteiger partial charge is 0.338 e. The number of benzene rings is 1. The summed E-state index contributed by atoms with van der Waals surface area (Å²) < 4.78 is 16.4. The van der Waals surface area contributed by atoms with E-state index in [1.165, 1.54) is 0 Å². The molecule has 0 bridgehead atoms. The van der Waals surface area contributed by atoms with Crippen LogP contribution < -0.4 is 15.4 Å². The first kappa shape index (κ1) is 20.8. The summed E-state index contributed by atoms with van der Waals surface area (Å²) in [5.74, 6) is 0.152. The van der Waals surface area contributed by atoms with E-state index in [9.17, 15) is 9.59 Å². The van der Waals surface area contributed by atoms with Crippen molar-refractivity contribution in [1.29, 1.82) is 0 Å². The lowest BCUT2D eigenvalue weighted by molar-refractivity contribution is -0.141. The molecule has 1 aliphatic heterocycles. The Balaban J connectivity index is 2.25. The predicted octanol–water partition coefficient (Wildman–Crippen LogP) is 3.07. The van der Waals surface area contributed by atoms with Crippen LogP contribution in [0, 0.1) is 0 Å². The third-order valence-electron chi connectivity index (χ3n) is 4.14. The minimum atomic E-state index is -0.642. The van der Waals surface area contributed by atoms with Crippen molar-refractivity contribution in [2.45, 2.75) is 39.7 Å². The van der Waals surface area contributed by atoms with Crippen LogP contribution >= 0.6 is 0 Å². The fraction of sp³-hybridized carbons (Fsp3) is 0.500. The van der Waals surface area contributed by atoms with E-state index < -0.39 is 12.0 Å². The molecule has 1 atom stereocenters. The molecule has 0 saturated heterocycles. The van der Waals surface area contributed by atoms with Gasteiger partial charge in [0, 0.05) is 17.9 Å². The molecule has 0 saturated carbocycles. The first-order chi connectivity index (χ1) is 13.1. The van der Waals surface area contributed by atoms with Gasteiger partial charge in [-0.15, -0.1) is 0 Å². The fourth-order valence-electron chi connectivity index (χ4n) is 2.79. The van der Waals surface area contributed by atoms with Gasteiger partial charge in [-0.1, -0.05) is 31.5 Å². The van der Waals surface area contributed by atoms with Crippen LogP contribution in [0.1, 0.15) is 45.2 Å². The van der Waals surface area contributed by atoms with Crippen molar-refractivity contribution in [2.24, 2.45) is 0 Å². The molecule has 0 spiro atoms. The Morgan fingerprint density at radius 3 is 2.67 bits per heavy atom. The minimum Gasteiger partial charge on any atom is -0.493 e. The van der Waals surface area contributed by atoms with Gasteiger partial charge in [-0.3, -0.25) is 0 Å². The highest BCUT2D eigenvalue weighted by molar-refractivity contribution is 5.95. The minimum absolute atomic E-state index is 0.152. The number of carbonyl (C=O) groups excluding carboxylic acids is 2. The van der Waals surface area contributed by atoms with Gasteiger partial charge in [-0.25, -0.2) is 9.59 Å². The molecular formula is C20H28N2O5. The van der Waals surface area contributed by atoms with E-state index in [0.29, 0.717) is 36.8 Å². The van der Waals surface area contributed by atoms with Crippen molar-refractivity contribution in [1.82, 2.24) is 10.6 Å². The summed E-state index contributed by atoms with van der Waals surface area (Å²) in [6.45, 7) is 7.26. The Morgan fingerprint density at radius 1 is 1.15 bits per heavy atom. The van der Waals surface area contributed by atoms with E-state index in [1.807, 2.05) is 31.2 Å². The molecule has 1 heterocycles. The van der Waals surface area contributed by atoms with Crippen molar-refractivity contribution in [3.05, 3.63) is 41.1 Å². The molecule has 7 nitrogen and oxygen atoms in total. The number of unbranched alkanes of at least 4 members (excludes halogenated alkanes) is 1. The molecule has 0 aliphatic carbocycles. The van der Waals surface area contributed by atoms with Crippen LogP contribution in [0.15, 0.2) is 35.5 Å². The van der Waals surface area contributed by atoms with Crippen molar-refractivity contribution < 1.29 is 23.8 Å². The number of hydrogen-bond donors (Lipinski definition) is 2. The highest BCUT2D eigenvalue weighted by Gasteiger charge is 2.33. The van der Waals surface area contributed by atoms with Gasteiger partial charge in [-0.05, 0) is 26.3 Å². The maximum Gasteiger partial charge on any atom is 0.338 e. The number of amides is 2. The van der Waals surface area contributed by atoms with Gasteiger partial charge >= 0.3 is 12.0 Å². The second kappa shape index (κ2) is 10.6. The molecule has 2 amide bonds. The Morgan fingerprint density at radius 2 is 1.93 bits per heavy atom. The van der Waals surface area contributed by atoms with Crippen LogP contribution in [-0.2, 0) is 14.3 Å². The van der Waals surface area contributed by atoms with Gasteiger partial charge in [0.25, 0.3) is 0 Å². The maximum atomic E-state index is 12.7. The number of ether oxygens (including phenoxy) is 3. The first-order valence-corrected chi connectivity index (χ1v) is 9.33. The molecule has 7 heteroatoms. The topological polar surface area (TPSA) is 85.9 Å². The lowest BCUT2D eigenvalue weighted by Gasteiger charge is -2.29. The number of rotatable bonds is 10. The average Bonchev–Trinajstić information content (AvgIpc) is 2.65. The molecule has 1 aromatic carbocycles. The third-order valence-corrected chi connectivity index (χ3v) is 4.14. The normalized spacial score (nSPS) is 16.6. The zero-order chi connectivity index (χ0) is 19.6. The Labute approximate surface area is 160 Å².